The number of benzene rings is 1. The summed E-state index contributed by atoms with van der Waals surface area (Å²) >= 11 is 0. The lowest BCUT2D eigenvalue weighted by molar-refractivity contribution is 0.0691. The Morgan fingerprint density at radius 1 is 1.50 bits per heavy atom. The van der Waals surface area contributed by atoms with E-state index in [0.717, 1.165) is 11.1 Å². The maximum atomic E-state index is 10.9. The van der Waals surface area contributed by atoms with E-state index in [-0.39, 0.29) is 5.69 Å². The Kier molecular flexibility index (Phi) is 1.77. The van der Waals surface area contributed by atoms with Crippen LogP contribution in [-0.4, -0.2) is 20.9 Å². The molecule has 0 atom stereocenters. The van der Waals surface area contributed by atoms with Crippen LogP contribution >= 0.6 is 0 Å². The van der Waals surface area contributed by atoms with Gasteiger partial charge in [0, 0.05) is 12.4 Å². The van der Waals surface area contributed by atoms with Crippen LogP contribution in [-0.2, 0) is 7.05 Å². The summed E-state index contributed by atoms with van der Waals surface area (Å²) in [6.07, 6.45) is 0. The first-order valence-corrected chi connectivity index (χ1v) is 4.26. The third-order valence-electron chi connectivity index (χ3n) is 2.21. The van der Waals surface area contributed by atoms with Crippen molar-refractivity contribution in [1.82, 2.24) is 9.78 Å². The van der Waals surface area contributed by atoms with Gasteiger partial charge in [-0.1, -0.05) is 11.6 Å². The van der Waals surface area contributed by atoms with Crippen LogP contribution in [0.1, 0.15) is 16.1 Å². The molecule has 1 aromatic heterocycles. The fourth-order valence-electron chi connectivity index (χ4n) is 1.54. The first-order chi connectivity index (χ1) is 6.59. The largest absolute Gasteiger partial charge is 0.476 e. The zero-order valence-corrected chi connectivity index (χ0v) is 7.98. The summed E-state index contributed by atoms with van der Waals surface area (Å²) in [4.78, 5) is 10.9. The molecule has 1 N–H and O–H groups in total. The summed E-state index contributed by atoms with van der Waals surface area (Å²) in [5, 5.41) is 13.6. The number of fused-ring (bicyclic) bond motifs is 1. The molecule has 2 aromatic rings. The Morgan fingerprint density at radius 3 is 2.86 bits per heavy atom. The van der Waals surface area contributed by atoms with Crippen molar-refractivity contribution in [2.24, 2.45) is 7.05 Å². The first-order valence-electron chi connectivity index (χ1n) is 4.26. The molecule has 0 aliphatic rings. The van der Waals surface area contributed by atoms with Gasteiger partial charge >= 0.3 is 5.97 Å². The number of aromatic nitrogens is 2. The molecule has 0 radical (unpaired) electrons. The van der Waals surface area contributed by atoms with Crippen molar-refractivity contribution in [2.45, 2.75) is 6.92 Å². The van der Waals surface area contributed by atoms with Crippen molar-refractivity contribution in [2.75, 3.05) is 0 Å². The molecule has 0 fully saturated rings. The number of hydrogen-bond donors (Lipinski definition) is 1. The summed E-state index contributed by atoms with van der Waals surface area (Å²) in [6, 6.07) is 5.66. The Morgan fingerprint density at radius 2 is 2.21 bits per heavy atom. The van der Waals surface area contributed by atoms with Crippen LogP contribution in [0.2, 0.25) is 0 Å². The third kappa shape index (κ3) is 1.16. The molecule has 2 rings (SSSR count). The summed E-state index contributed by atoms with van der Waals surface area (Å²) in [7, 11) is 1.74. The molecule has 0 saturated carbocycles. The number of nitrogens with zero attached hydrogens (tertiary/aromatic N) is 2. The van der Waals surface area contributed by atoms with E-state index >= 15 is 0 Å². The second-order valence-electron chi connectivity index (χ2n) is 3.30. The minimum absolute atomic E-state index is 0.117. The average molecular weight is 190 g/mol. The van der Waals surface area contributed by atoms with Crippen molar-refractivity contribution in [3.63, 3.8) is 0 Å². The minimum atomic E-state index is -0.985. The van der Waals surface area contributed by atoms with E-state index in [1.54, 1.807) is 11.7 Å². The Hall–Kier alpha value is -1.84. The maximum absolute atomic E-state index is 10.9. The van der Waals surface area contributed by atoms with Crippen LogP contribution in [0.4, 0.5) is 0 Å². The van der Waals surface area contributed by atoms with E-state index in [2.05, 4.69) is 5.10 Å². The van der Waals surface area contributed by atoms with Gasteiger partial charge in [-0.05, 0) is 19.1 Å². The molecule has 0 amide bonds. The Bertz CT molecular complexity index is 514. The third-order valence-corrected chi connectivity index (χ3v) is 2.21. The van der Waals surface area contributed by atoms with Gasteiger partial charge in [0.15, 0.2) is 5.69 Å². The van der Waals surface area contributed by atoms with E-state index < -0.39 is 5.97 Å². The molecule has 0 unspecified atom stereocenters. The fourth-order valence-corrected chi connectivity index (χ4v) is 1.54. The molecule has 14 heavy (non-hydrogen) atoms. The Balaban J connectivity index is 2.85. The molecular formula is C10H10N2O2. The van der Waals surface area contributed by atoms with Crippen LogP contribution in [0, 0.1) is 6.92 Å². The SMILES string of the molecule is Cc1ccc2c(c1)c(C(=O)O)nn2C. The van der Waals surface area contributed by atoms with Gasteiger partial charge in [0.25, 0.3) is 0 Å². The van der Waals surface area contributed by atoms with Crippen molar-refractivity contribution in [3.8, 4) is 0 Å². The molecule has 0 aliphatic heterocycles. The van der Waals surface area contributed by atoms with E-state index in [0.29, 0.717) is 5.39 Å². The summed E-state index contributed by atoms with van der Waals surface area (Å²) in [6.45, 7) is 1.93. The quantitative estimate of drug-likeness (QED) is 0.742. The number of carboxylic acid groups (broad SMARTS) is 1. The van der Waals surface area contributed by atoms with Crippen LogP contribution in [0.15, 0.2) is 18.2 Å². The van der Waals surface area contributed by atoms with Gasteiger partial charge in [-0.3, -0.25) is 4.68 Å². The summed E-state index contributed by atoms with van der Waals surface area (Å²) < 4.78 is 1.58. The zero-order valence-electron chi connectivity index (χ0n) is 7.98. The standard InChI is InChI=1S/C10H10N2O2/c1-6-3-4-8-7(5-6)9(10(13)14)11-12(8)2/h3-5H,1-2H3,(H,13,14). The van der Waals surface area contributed by atoms with Gasteiger partial charge in [0.2, 0.25) is 0 Å². The van der Waals surface area contributed by atoms with E-state index in [9.17, 15) is 4.79 Å². The van der Waals surface area contributed by atoms with Crippen LogP contribution in [0.5, 0.6) is 0 Å². The highest BCUT2D eigenvalue weighted by Crippen LogP contribution is 2.19. The molecule has 0 bridgehead atoms. The van der Waals surface area contributed by atoms with Gasteiger partial charge in [0.05, 0.1) is 5.52 Å². The predicted octanol–water partition coefficient (Wildman–Crippen LogP) is 1.58. The van der Waals surface area contributed by atoms with Crippen LogP contribution < -0.4 is 0 Å². The molecular weight excluding hydrogens is 180 g/mol. The van der Waals surface area contributed by atoms with Crippen LogP contribution in [0.25, 0.3) is 10.9 Å². The van der Waals surface area contributed by atoms with E-state index in [4.69, 9.17) is 5.11 Å². The summed E-state index contributed by atoms with van der Waals surface area (Å²) in [5.74, 6) is -0.985. The molecule has 1 aromatic carbocycles. The number of aryl methyl sites for hydroxylation is 2. The zero-order chi connectivity index (χ0) is 10.3. The average Bonchev–Trinajstić information content (AvgIpc) is 2.43. The molecule has 72 valence electrons. The normalized spacial score (nSPS) is 10.7. The van der Waals surface area contributed by atoms with Crippen molar-refractivity contribution in [3.05, 3.63) is 29.5 Å². The van der Waals surface area contributed by atoms with Gasteiger partial charge in [-0.2, -0.15) is 5.10 Å². The second kappa shape index (κ2) is 2.83. The lowest BCUT2D eigenvalue weighted by atomic mass is 10.1. The highest BCUT2D eigenvalue weighted by atomic mass is 16.4. The first kappa shape index (κ1) is 8.74. The van der Waals surface area contributed by atoms with E-state index in [1.165, 1.54) is 0 Å². The Labute approximate surface area is 80.8 Å². The second-order valence-corrected chi connectivity index (χ2v) is 3.30. The molecule has 4 nitrogen and oxygen atoms in total. The molecule has 4 heteroatoms. The minimum Gasteiger partial charge on any atom is -0.476 e. The number of aromatic carboxylic acids is 1. The smallest absolute Gasteiger partial charge is 0.357 e. The highest BCUT2D eigenvalue weighted by molar-refractivity contribution is 6.01. The molecule has 0 saturated heterocycles. The fraction of sp³-hybridized carbons (Fsp3) is 0.200. The molecule has 0 spiro atoms. The van der Waals surface area contributed by atoms with Crippen molar-refractivity contribution >= 4 is 16.9 Å². The van der Waals surface area contributed by atoms with Gasteiger partial charge in [0.1, 0.15) is 0 Å². The molecule has 0 aliphatic carbocycles. The monoisotopic (exact) mass is 190 g/mol. The van der Waals surface area contributed by atoms with Gasteiger partial charge in [-0.15, -0.1) is 0 Å². The maximum Gasteiger partial charge on any atom is 0.357 e. The van der Waals surface area contributed by atoms with Gasteiger partial charge in [-0.25, -0.2) is 4.79 Å². The number of hydrogen-bond acceptors (Lipinski definition) is 2. The predicted molar refractivity (Wildman–Crippen MR) is 52.4 cm³/mol. The highest BCUT2D eigenvalue weighted by Gasteiger charge is 2.14. The number of carbonyl (C=O) groups is 1. The topological polar surface area (TPSA) is 55.1 Å². The van der Waals surface area contributed by atoms with Crippen LogP contribution in [0.3, 0.4) is 0 Å². The van der Waals surface area contributed by atoms with Gasteiger partial charge < -0.3 is 5.11 Å². The van der Waals surface area contributed by atoms with E-state index in [1.807, 2.05) is 25.1 Å². The lowest BCUT2D eigenvalue weighted by Crippen LogP contribution is -1.99. The van der Waals surface area contributed by atoms with Crippen molar-refractivity contribution in [1.29, 1.82) is 0 Å². The molecule has 1 heterocycles. The summed E-state index contributed by atoms with van der Waals surface area (Å²) in [5.41, 5.74) is 1.99. The lowest BCUT2D eigenvalue weighted by Gasteiger charge is -1.94. The number of rotatable bonds is 1. The number of carboxylic acids is 1. The van der Waals surface area contributed by atoms with Crippen molar-refractivity contribution < 1.29 is 9.90 Å².